The number of sulfonamides is 1. The number of nitrogens with zero attached hydrogens (tertiary/aromatic N) is 3. The first-order chi connectivity index (χ1) is 9.62. The fourth-order valence-electron chi connectivity index (χ4n) is 1.70. The van der Waals surface area contributed by atoms with Gasteiger partial charge < -0.3 is 10.3 Å². The number of rotatable bonds is 6. The molecule has 0 unspecified atom stereocenters. The highest BCUT2D eigenvalue weighted by atomic mass is 32.2. The van der Waals surface area contributed by atoms with Crippen LogP contribution in [0.4, 0.5) is 8.78 Å². The topological polar surface area (TPSA) is 107 Å². The van der Waals surface area contributed by atoms with Crippen molar-refractivity contribution >= 4 is 10.0 Å². The molecule has 21 heavy (non-hydrogen) atoms. The van der Waals surface area contributed by atoms with E-state index in [-0.39, 0.29) is 13.1 Å². The first-order valence-electron chi connectivity index (χ1n) is 5.88. The molecule has 0 amide bonds. The molecule has 0 saturated heterocycles. The molecule has 0 bridgehead atoms. The summed E-state index contributed by atoms with van der Waals surface area (Å²) in [6.07, 6.45) is -2.10. The molecule has 1 aromatic heterocycles. The van der Waals surface area contributed by atoms with Gasteiger partial charge in [0.1, 0.15) is 0 Å². The van der Waals surface area contributed by atoms with Gasteiger partial charge in [-0.1, -0.05) is 0 Å². The molecule has 0 saturated carbocycles. The Labute approximate surface area is 119 Å². The molecule has 0 aliphatic carbocycles. The zero-order chi connectivity index (χ0) is 16.4. The Kier molecular flexibility index (Phi) is 5.36. The van der Waals surface area contributed by atoms with Gasteiger partial charge in [-0.3, -0.25) is 9.36 Å². The Hall–Kier alpha value is -1.59. The van der Waals surface area contributed by atoms with Crippen molar-refractivity contribution < 1.29 is 17.2 Å². The van der Waals surface area contributed by atoms with Crippen LogP contribution in [-0.4, -0.2) is 47.9 Å². The number of hydrogen-bond acceptors (Lipinski definition) is 5. The van der Waals surface area contributed by atoms with E-state index in [1.165, 1.54) is 7.05 Å². The molecular weight excluding hydrogens is 310 g/mol. The number of alkyl halides is 2. The maximum absolute atomic E-state index is 12.5. The second-order valence-electron chi connectivity index (χ2n) is 4.29. The Bertz CT molecular complexity index is 726. The van der Waals surface area contributed by atoms with Crippen LogP contribution < -0.4 is 17.0 Å². The molecule has 120 valence electrons. The number of aromatic nitrogens is 2. The van der Waals surface area contributed by atoms with Crippen LogP contribution in [0.3, 0.4) is 0 Å². The van der Waals surface area contributed by atoms with Gasteiger partial charge in [-0.15, -0.1) is 0 Å². The van der Waals surface area contributed by atoms with E-state index < -0.39 is 39.1 Å². The minimum Gasteiger partial charge on any atom is -0.329 e. The van der Waals surface area contributed by atoms with Crippen LogP contribution in [-0.2, 0) is 24.1 Å². The number of nitrogens with two attached hydrogens (primary N) is 1. The molecule has 0 atom stereocenters. The van der Waals surface area contributed by atoms with Gasteiger partial charge in [0.05, 0.1) is 6.54 Å². The monoisotopic (exact) mass is 326 g/mol. The minimum atomic E-state index is -4.47. The van der Waals surface area contributed by atoms with Crippen molar-refractivity contribution in [2.45, 2.75) is 11.3 Å². The summed E-state index contributed by atoms with van der Waals surface area (Å²) in [5.74, 6) is 0. The fourth-order valence-corrected chi connectivity index (χ4v) is 3.28. The van der Waals surface area contributed by atoms with Gasteiger partial charge in [0.25, 0.3) is 12.0 Å². The Morgan fingerprint density at radius 1 is 1.33 bits per heavy atom. The lowest BCUT2D eigenvalue weighted by Gasteiger charge is -2.21. The standard InChI is InChI=1S/C10H16F2N4O4S/c1-14-5-7(9(17)15(2)10(14)18)21(19,20)16(4-3-13)6-8(11)12/h5,8H,3-4,6,13H2,1-2H3. The molecule has 0 fully saturated rings. The van der Waals surface area contributed by atoms with Gasteiger partial charge in [-0.05, 0) is 0 Å². The predicted molar refractivity (Wildman–Crippen MR) is 70.7 cm³/mol. The van der Waals surface area contributed by atoms with Crippen molar-refractivity contribution in [3.8, 4) is 0 Å². The highest BCUT2D eigenvalue weighted by Gasteiger charge is 2.30. The van der Waals surface area contributed by atoms with Gasteiger partial charge in [-0.2, -0.15) is 4.31 Å². The van der Waals surface area contributed by atoms with Crippen LogP contribution >= 0.6 is 0 Å². The Balaban J connectivity index is 3.49. The molecule has 0 aromatic carbocycles. The smallest absolute Gasteiger partial charge is 0.329 e. The van der Waals surface area contributed by atoms with Crippen molar-refractivity contribution in [2.75, 3.05) is 19.6 Å². The third-order valence-corrected chi connectivity index (χ3v) is 4.60. The van der Waals surface area contributed by atoms with Crippen LogP contribution in [0.5, 0.6) is 0 Å². The normalized spacial score (nSPS) is 12.3. The summed E-state index contributed by atoms with van der Waals surface area (Å²) in [5.41, 5.74) is 3.41. The number of hydrogen-bond donors (Lipinski definition) is 1. The highest BCUT2D eigenvalue weighted by molar-refractivity contribution is 7.89. The zero-order valence-electron chi connectivity index (χ0n) is 11.5. The molecule has 0 radical (unpaired) electrons. The van der Waals surface area contributed by atoms with Gasteiger partial charge in [-0.25, -0.2) is 22.0 Å². The summed E-state index contributed by atoms with van der Waals surface area (Å²) in [4.78, 5) is 22.7. The van der Waals surface area contributed by atoms with E-state index >= 15 is 0 Å². The molecule has 8 nitrogen and oxygen atoms in total. The fraction of sp³-hybridized carbons (Fsp3) is 0.600. The Morgan fingerprint density at radius 3 is 2.38 bits per heavy atom. The largest absolute Gasteiger partial charge is 0.330 e. The first kappa shape index (κ1) is 17.5. The van der Waals surface area contributed by atoms with Crippen molar-refractivity contribution in [1.82, 2.24) is 13.4 Å². The molecule has 1 heterocycles. The highest BCUT2D eigenvalue weighted by Crippen LogP contribution is 2.12. The van der Waals surface area contributed by atoms with Crippen molar-refractivity contribution in [2.24, 2.45) is 19.8 Å². The van der Waals surface area contributed by atoms with E-state index in [1.807, 2.05) is 0 Å². The molecule has 0 aliphatic rings. The van der Waals surface area contributed by atoms with Gasteiger partial charge in [0.15, 0.2) is 4.90 Å². The van der Waals surface area contributed by atoms with Gasteiger partial charge in [0.2, 0.25) is 10.0 Å². The third-order valence-electron chi connectivity index (χ3n) is 2.75. The summed E-state index contributed by atoms with van der Waals surface area (Å²) < 4.78 is 51.5. The van der Waals surface area contributed by atoms with Gasteiger partial charge >= 0.3 is 5.69 Å². The van der Waals surface area contributed by atoms with Crippen molar-refractivity contribution in [3.05, 3.63) is 27.0 Å². The maximum Gasteiger partial charge on any atom is 0.330 e. The molecule has 0 spiro atoms. The lowest BCUT2D eigenvalue weighted by Crippen LogP contribution is -2.45. The lowest BCUT2D eigenvalue weighted by atomic mass is 10.6. The minimum absolute atomic E-state index is 0.183. The van der Waals surface area contributed by atoms with E-state index in [0.29, 0.717) is 8.87 Å². The molecule has 0 aliphatic heterocycles. The van der Waals surface area contributed by atoms with Crippen LogP contribution in [0.15, 0.2) is 20.7 Å². The number of aryl methyl sites for hydroxylation is 1. The zero-order valence-corrected chi connectivity index (χ0v) is 12.3. The summed E-state index contributed by atoms with van der Waals surface area (Å²) >= 11 is 0. The van der Waals surface area contributed by atoms with Gasteiger partial charge in [0, 0.05) is 33.4 Å². The first-order valence-corrected chi connectivity index (χ1v) is 7.32. The predicted octanol–water partition coefficient (Wildman–Crippen LogP) is -1.70. The quantitative estimate of drug-likeness (QED) is 0.670. The van der Waals surface area contributed by atoms with E-state index in [2.05, 4.69) is 0 Å². The van der Waals surface area contributed by atoms with Crippen LogP contribution in [0.25, 0.3) is 0 Å². The average Bonchev–Trinajstić information content (AvgIpc) is 2.39. The van der Waals surface area contributed by atoms with Crippen LogP contribution in [0.2, 0.25) is 0 Å². The number of halogens is 2. The average molecular weight is 326 g/mol. The van der Waals surface area contributed by atoms with Crippen LogP contribution in [0, 0.1) is 0 Å². The maximum atomic E-state index is 12.5. The summed E-state index contributed by atoms with van der Waals surface area (Å²) in [7, 11) is -2.12. The van der Waals surface area contributed by atoms with E-state index in [9.17, 15) is 26.8 Å². The molecule has 2 N–H and O–H groups in total. The van der Waals surface area contributed by atoms with E-state index in [1.54, 1.807) is 0 Å². The van der Waals surface area contributed by atoms with Crippen molar-refractivity contribution in [3.63, 3.8) is 0 Å². The summed E-state index contributed by atoms with van der Waals surface area (Å²) in [5, 5.41) is 0. The molecular formula is C10H16F2N4O4S. The van der Waals surface area contributed by atoms with Crippen LogP contribution in [0.1, 0.15) is 0 Å². The molecule has 1 rings (SSSR count). The molecule has 1 aromatic rings. The SMILES string of the molecule is Cn1cc(S(=O)(=O)N(CCN)CC(F)F)c(=O)n(C)c1=O. The molecule has 11 heteroatoms. The summed E-state index contributed by atoms with van der Waals surface area (Å²) in [6, 6.07) is 0. The summed E-state index contributed by atoms with van der Waals surface area (Å²) in [6.45, 7) is -1.62. The Morgan fingerprint density at radius 2 is 1.90 bits per heavy atom. The second-order valence-corrected chi connectivity index (χ2v) is 6.20. The van der Waals surface area contributed by atoms with E-state index in [4.69, 9.17) is 5.73 Å². The van der Waals surface area contributed by atoms with Crippen molar-refractivity contribution in [1.29, 1.82) is 0 Å². The third kappa shape index (κ3) is 3.54. The van der Waals surface area contributed by atoms with E-state index in [0.717, 1.165) is 17.8 Å². The lowest BCUT2D eigenvalue weighted by molar-refractivity contribution is 0.120. The second kappa shape index (κ2) is 6.45.